The number of amides is 1. The minimum Gasteiger partial charge on any atom is -0.272 e. The Bertz CT molecular complexity index is 891. The Hall–Kier alpha value is -2.51. The monoisotopic (exact) mass is 359 g/mol. The molecule has 25 heavy (non-hydrogen) atoms. The van der Waals surface area contributed by atoms with E-state index in [-0.39, 0.29) is 11.4 Å². The SMILES string of the molecule is C/C(=N/NC(=O)CNS(=O)(=O)c1ccccc1)c1cc(C)ccc1C. The maximum absolute atomic E-state index is 12.1. The van der Waals surface area contributed by atoms with E-state index in [1.807, 2.05) is 32.0 Å². The van der Waals surface area contributed by atoms with Crippen LogP contribution in [-0.2, 0) is 14.8 Å². The first-order valence-corrected chi connectivity index (χ1v) is 9.23. The quantitative estimate of drug-likeness (QED) is 0.612. The molecule has 0 heterocycles. The van der Waals surface area contributed by atoms with E-state index in [0.29, 0.717) is 5.71 Å². The Balaban J connectivity index is 1.97. The second-order valence-corrected chi connectivity index (χ2v) is 7.46. The molecule has 0 spiro atoms. The largest absolute Gasteiger partial charge is 0.272 e. The fourth-order valence-electron chi connectivity index (χ4n) is 2.22. The van der Waals surface area contributed by atoms with Gasteiger partial charge in [-0.15, -0.1) is 0 Å². The Kier molecular flexibility index (Phi) is 6.06. The van der Waals surface area contributed by atoms with Gasteiger partial charge in [0.15, 0.2) is 0 Å². The zero-order valence-corrected chi connectivity index (χ0v) is 15.2. The highest BCUT2D eigenvalue weighted by Gasteiger charge is 2.14. The molecular formula is C18H21N3O3S. The summed E-state index contributed by atoms with van der Waals surface area (Å²) in [7, 11) is -3.72. The number of hydrogen-bond donors (Lipinski definition) is 2. The molecule has 0 aliphatic rings. The molecule has 0 aliphatic heterocycles. The smallest absolute Gasteiger partial charge is 0.255 e. The van der Waals surface area contributed by atoms with Gasteiger partial charge in [-0.1, -0.05) is 35.9 Å². The first kappa shape index (κ1) is 18.8. The molecule has 2 aromatic carbocycles. The number of rotatable bonds is 6. The lowest BCUT2D eigenvalue weighted by molar-refractivity contribution is -0.119. The van der Waals surface area contributed by atoms with Crippen LogP contribution < -0.4 is 10.1 Å². The van der Waals surface area contributed by atoms with Crippen LogP contribution >= 0.6 is 0 Å². The molecule has 0 aliphatic carbocycles. The molecule has 0 saturated carbocycles. The molecular weight excluding hydrogens is 338 g/mol. The van der Waals surface area contributed by atoms with E-state index in [4.69, 9.17) is 0 Å². The van der Waals surface area contributed by atoms with Crippen molar-refractivity contribution in [2.45, 2.75) is 25.7 Å². The number of aryl methyl sites for hydroxylation is 2. The molecule has 0 fully saturated rings. The molecule has 0 saturated heterocycles. The fraction of sp³-hybridized carbons (Fsp3) is 0.222. The van der Waals surface area contributed by atoms with Gasteiger partial charge in [-0.25, -0.2) is 18.6 Å². The molecule has 0 bridgehead atoms. The van der Waals surface area contributed by atoms with Crippen molar-refractivity contribution in [3.05, 3.63) is 65.2 Å². The summed E-state index contributed by atoms with van der Waals surface area (Å²) < 4.78 is 26.4. The molecule has 7 heteroatoms. The topological polar surface area (TPSA) is 87.6 Å². The van der Waals surface area contributed by atoms with Gasteiger partial charge < -0.3 is 0 Å². The van der Waals surface area contributed by atoms with E-state index in [1.165, 1.54) is 12.1 Å². The lowest BCUT2D eigenvalue weighted by atomic mass is 10.0. The summed E-state index contributed by atoms with van der Waals surface area (Å²) in [5.41, 5.74) is 6.10. The van der Waals surface area contributed by atoms with Crippen LogP contribution in [0, 0.1) is 13.8 Å². The third-order valence-corrected chi connectivity index (χ3v) is 5.02. The zero-order chi connectivity index (χ0) is 18.4. The van der Waals surface area contributed by atoms with Gasteiger partial charge in [-0.3, -0.25) is 4.79 Å². The average Bonchev–Trinajstić information content (AvgIpc) is 2.60. The molecule has 132 valence electrons. The van der Waals surface area contributed by atoms with Crippen LogP contribution in [0.3, 0.4) is 0 Å². The Labute approximate surface area is 148 Å². The van der Waals surface area contributed by atoms with E-state index < -0.39 is 15.9 Å². The highest BCUT2D eigenvalue weighted by molar-refractivity contribution is 7.89. The highest BCUT2D eigenvalue weighted by Crippen LogP contribution is 2.11. The van der Waals surface area contributed by atoms with E-state index in [9.17, 15) is 13.2 Å². The molecule has 0 radical (unpaired) electrons. The van der Waals surface area contributed by atoms with Crippen LogP contribution in [-0.4, -0.2) is 26.6 Å². The number of hydrogen-bond acceptors (Lipinski definition) is 4. The lowest BCUT2D eigenvalue weighted by Crippen LogP contribution is -2.35. The highest BCUT2D eigenvalue weighted by atomic mass is 32.2. The number of nitrogens with one attached hydrogen (secondary N) is 2. The third-order valence-electron chi connectivity index (χ3n) is 3.61. The summed E-state index contributed by atoms with van der Waals surface area (Å²) in [6.07, 6.45) is 0. The van der Waals surface area contributed by atoms with Crippen molar-refractivity contribution in [2.24, 2.45) is 5.10 Å². The molecule has 2 rings (SSSR count). The second kappa shape index (κ2) is 8.04. The fourth-order valence-corrected chi connectivity index (χ4v) is 3.22. The number of benzene rings is 2. The van der Waals surface area contributed by atoms with E-state index in [0.717, 1.165) is 16.7 Å². The zero-order valence-electron chi connectivity index (χ0n) is 14.4. The van der Waals surface area contributed by atoms with Crippen molar-refractivity contribution in [3.63, 3.8) is 0 Å². The average molecular weight is 359 g/mol. The van der Waals surface area contributed by atoms with Crippen LogP contribution in [0.2, 0.25) is 0 Å². The van der Waals surface area contributed by atoms with Crippen molar-refractivity contribution < 1.29 is 13.2 Å². The van der Waals surface area contributed by atoms with E-state index in [1.54, 1.807) is 25.1 Å². The van der Waals surface area contributed by atoms with Gasteiger partial charge in [-0.05, 0) is 44.5 Å². The first-order valence-electron chi connectivity index (χ1n) is 7.75. The van der Waals surface area contributed by atoms with Crippen molar-refractivity contribution in [3.8, 4) is 0 Å². The normalized spacial score (nSPS) is 12.0. The van der Waals surface area contributed by atoms with Gasteiger partial charge in [0, 0.05) is 5.56 Å². The van der Waals surface area contributed by atoms with Crippen LogP contribution in [0.5, 0.6) is 0 Å². The summed E-state index contributed by atoms with van der Waals surface area (Å²) in [5, 5.41) is 4.05. The summed E-state index contributed by atoms with van der Waals surface area (Å²) in [6, 6.07) is 13.8. The molecule has 1 amide bonds. The molecule has 6 nitrogen and oxygen atoms in total. The minimum absolute atomic E-state index is 0.109. The third kappa shape index (κ3) is 5.23. The molecule has 0 atom stereocenters. The van der Waals surface area contributed by atoms with Gasteiger partial charge in [0.2, 0.25) is 10.0 Å². The number of sulfonamides is 1. The van der Waals surface area contributed by atoms with Crippen LogP contribution in [0.4, 0.5) is 0 Å². The molecule has 0 aromatic heterocycles. The van der Waals surface area contributed by atoms with Crippen molar-refractivity contribution in [1.82, 2.24) is 10.1 Å². The first-order chi connectivity index (χ1) is 11.8. The number of nitrogens with zero attached hydrogens (tertiary/aromatic N) is 1. The van der Waals surface area contributed by atoms with Crippen LogP contribution in [0.15, 0.2) is 58.5 Å². The second-order valence-electron chi connectivity index (χ2n) is 5.69. The van der Waals surface area contributed by atoms with Gasteiger partial charge >= 0.3 is 0 Å². The maximum Gasteiger partial charge on any atom is 0.255 e. The van der Waals surface area contributed by atoms with Gasteiger partial charge in [0.1, 0.15) is 0 Å². The molecule has 2 N–H and O–H groups in total. The Morgan fingerprint density at radius 2 is 1.76 bits per heavy atom. The predicted octanol–water partition coefficient (Wildman–Crippen LogP) is 2.12. The van der Waals surface area contributed by atoms with E-state index in [2.05, 4.69) is 15.2 Å². The molecule has 0 unspecified atom stereocenters. The predicted molar refractivity (Wildman–Crippen MR) is 97.9 cm³/mol. The Morgan fingerprint density at radius 3 is 2.44 bits per heavy atom. The number of hydrazone groups is 1. The lowest BCUT2D eigenvalue weighted by Gasteiger charge is -2.08. The van der Waals surface area contributed by atoms with Crippen molar-refractivity contribution in [2.75, 3.05) is 6.54 Å². The van der Waals surface area contributed by atoms with Gasteiger partial charge in [0.05, 0.1) is 17.2 Å². The number of carbonyl (C=O) groups excluding carboxylic acids is 1. The minimum atomic E-state index is -3.72. The molecule has 2 aromatic rings. The van der Waals surface area contributed by atoms with E-state index >= 15 is 0 Å². The maximum atomic E-state index is 12.1. The van der Waals surface area contributed by atoms with Gasteiger partial charge in [0.25, 0.3) is 5.91 Å². The van der Waals surface area contributed by atoms with Crippen molar-refractivity contribution in [1.29, 1.82) is 0 Å². The summed E-state index contributed by atoms with van der Waals surface area (Å²) in [6.45, 7) is 5.34. The summed E-state index contributed by atoms with van der Waals surface area (Å²) in [5.74, 6) is -0.538. The number of carbonyl (C=O) groups is 1. The van der Waals surface area contributed by atoms with Crippen LogP contribution in [0.1, 0.15) is 23.6 Å². The van der Waals surface area contributed by atoms with Crippen LogP contribution in [0.25, 0.3) is 0 Å². The van der Waals surface area contributed by atoms with Gasteiger partial charge in [-0.2, -0.15) is 5.10 Å². The Morgan fingerprint density at radius 1 is 1.08 bits per heavy atom. The summed E-state index contributed by atoms with van der Waals surface area (Å²) >= 11 is 0. The standard InChI is InChI=1S/C18H21N3O3S/c1-13-9-10-14(2)17(11-13)15(3)20-21-18(22)12-19-25(23,24)16-7-5-4-6-8-16/h4-11,19H,12H2,1-3H3,(H,21,22)/b20-15-. The van der Waals surface area contributed by atoms with Crippen molar-refractivity contribution >= 4 is 21.6 Å². The summed E-state index contributed by atoms with van der Waals surface area (Å²) in [4.78, 5) is 12.0.